The fourth-order valence-electron chi connectivity index (χ4n) is 2.79. The number of nitrogens with one attached hydrogen (secondary N) is 2. The molecule has 3 rings (SSSR count). The van der Waals surface area contributed by atoms with Gasteiger partial charge in [0.05, 0.1) is 5.54 Å². The van der Waals surface area contributed by atoms with Gasteiger partial charge in [-0.3, -0.25) is 4.79 Å². The molecule has 1 aromatic heterocycles. The van der Waals surface area contributed by atoms with Crippen molar-refractivity contribution in [1.29, 1.82) is 0 Å². The van der Waals surface area contributed by atoms with Crippen molar-refractivity contribution in [1.82, 2.24) is 9.97 Å². The largest absolute Gasteiger partial charge is 0.363 e. The maximum absolute atomic E-state index is 11.6. The highest BCUT2D eigenvalue weighted by molar-refractivity contribution is 5.38. The summed E-state index contributed by atoms with van der Waals surface area (Å²) in [5.74, 6) is 1.97. The van der Waals surface area contributed by atoms with Crippen LogP contribution >= 0.6 is 0 Å². The summed E-state index contributed by atoms with van der Waals surface area (Å²) < 4.78 is 0. The van der Waals surface area contributed by atoms with Gasteiger partial charge < -0.3 is 16.0 Å². The molecule has 4 N–H and O–H groups in total. The average Bonchev–Trinajstić information content (AvgIpc) is 3.10. The Kier molecular flexibility index (Phi) is 2.86. The van der Waals surface area contributed by atoms with Gasteiger partial charge in [-0.25, -0.2) is 4.98 Å². The third kappa shape index (κ3) is 2.27. The summed E-state index contributed by atoms with van der Waals surface area (Å²) >= 11 is 0. The van der Waals surface area contributed by atoms with E-state index in [9.17, 15) is 4.79 Å². The molecule has 2 fully saturated rings. The summed E-state index contributed by atoms with van der Waals surface area (Å²) in [5, 5.41) is 3.41. The summed E-state index contributed by atoms with van der Waals surface area (Å²) in [6.45, 7) is 0.597. The lowest BCUT2D eigenvalue weighted by Crippen LogP contribution is -2.43. The highest BCUT2D eigenvalue weighted by Gasteiger charge is 2.33. The predicted molar refractivity (Wildman–Crippen MR) is 70.7 cm³/mol. The van der Waals surface area contributed by atoms with Gasteiger partial charge >= 0.3 is 0 Å². The fraction of sp³-hybridized carbons (Fsp3) is 0.692. The molecular weight excluding hydrogens is 228 g/mol. The van der Waals surface area contributed by atoms with Gasteiger partial charge in [0.1, 0.15) is 11.6 Å². The Hall–Kier alpha value is -1.36. The van der Waals surface area contributed by atoms with Gasteiger partial charge in [-0.1, -0.05) is 12.8 Å². The lowest BCUT2D eigenvalue weighted by molar-refractivity contribution is 0.490. The van der Waals surface area contributed by atoms with E-state index in [0.29, 0.717) is 18.3 Å². The summed E-state index contributed by atoms with van der Waals surface area (Å²) in [7, 11) is 0. The lowest BCUT2D eigenvalue weighted by Gasteiger charge is -2.29. The van der Waals surface area contributed by atoms with E-state index in [0.717, 1.165) is 31.5 Å². The van der Waals surface area contributed by atoms with Gasteiger partial charge in [0.25, 0.3) is 5.56 Å². The summed E-state index contributed by atoms with van der Waals surface area (Å²) in [5.41, 5.74) is 5.76. The van der Waals surface area contributed by atoms with Crippen LogP contribution in [0.5, 0.6) is 0 Å². The van der Waals surface area contributed by atoms with Crippen molar-refractivity contribution in [3.8, 4) is 0 Å². The Bertz CT molecular complexity index is 486. The molecule has 1 aromatic rings. The molecule has 0 spiro atoms. The topological polar surface area (TPSA) is 83.8 Å². The molecule has 5 nitrogen and oxygen atoms in total. The van der Waals surface area contributed by atoms with E-state index in [1.807, 2.05) is 0 Å². The number of hydrogen-bond acceptors (Lipinski definition) is 4. The molecule has 0 radical (unpaired) electrons. The van der Waals surface area contributed by atoms with Crippen molar-refractivity contribution < 1.29 is 0 Å². The quantitative estimate of drug-likeness (QED) is 0.750. The normalized spacial score (nSPS) is 22.1. The van der Waals surface area contributed by atoms with Crippen molar-refractivity contribution in [3.05, 3.63) is 22.2 Å². The molecule has 0 unspecified atom stereocenters. The summed E-state index contributed by atoms with van der Waals surface area (Å²) in [6.07, 6.45) is 6.79. The maximum atomic E-state index is 11.6. The first-order valence-electron chi connectivity index (χ1n) is 6.80. The van der Waals surface area contributed by atoms with E-state index in [1.165, 1.54) is 12.8 Å². The summed E-state index contributed by atoms with van der Waals surface area (Å²) in [6, 6.07) is 1.54. The fourth-order valence-corrected chi connectivity index (χ4v) is 2.79. The van der Waals surface area contributed by atoms with E-state index in [1.54, 1.807) is 6.07 Å². The number of aromatic nitrogens is 2. The van der Waals surface area contributed by atoms with Crippen LogP contribution in [0.3, 0.4) is 0 Å². The molecule has 0 amide bonds. The monoisotopic (exact) mass is 248 g/mol. The number of H-pyrrole nitrogens is 1. The Morgan fingerprint density at radius 2 is 2.17 bits per heavy atom. The molecule has 0 bridgehead atoms. The average molecular weight is 248 g/mol. The maximum Gasteiger partial charge on any atom is 0.252 e. The minimum atomic E-state index is -0.0698. The third-order valence-electron chi connectivity index (χ3n) is 4.07. The van der Waals surface area contributed by atoms with Crippen molar-refractivity contribution in [2.75, 3.05) is 11.9 Å². The molecule has 0 saturated heterocycles. The third-order valence-corrected chi connectivity index (χ3v) is 4.07. The number of nitrogens with zero attached hydrogens (tertiary/aromatic N) is 1. The molecular formula is C13H20N4O. The van der Waals surface area contributed by atoms with Gasteiger partial charge in [0.15, 0.2) is 0 Å². The second-order valence-electron chi connectivity index (χ2n) is 5.61. The van der Waals surface area contributed by atoms with E-state index in [-0.39, 0.29) is 11.1 Å². The zero-order chi connectivity index (χ0) is 12.6. The Labute approximate surface area is 106 Å². The van der Waals surface area contributed by atoms with Crippen molar-refractivity contribution in [2.45, 2.75) is 50.0 Å². The number of nitrogens with two attached hydrogens (primary N) is 1. The summed E-state index contributed by atoms with van der Waals surface area (Å²) in [4.78, 5) is 19.0. The van der Waals surface area contributed by atoms with Crippen LogP contribution in [0.2, 0.25) is 0 Å². The lowest BCUT2D eigenvalue weighted by atomic mass is 9.98. The first-order valence-corrected chi connectivity index (χ1v) is 6.80. The standard InChI is InChI=1S/C13H20N4O/c14-8-13(5-1-2-6-13)17-10-7-11(18)16-12(15-10)9-3-4-9/h7,9H,1-6,8,14H2,(H2,15,16,17,18). The van der Waals surface area contributed by atoms with Gasteiger partial charge in [0.2, 0.25) is 0 Å². The molecule has 98 valence electrons. The van der Waals surface area contributed by atoms with E-state index in [2.05, 4.69) is 15.3 Å². The minimum absolute atomic E-state index is 0.0540. The number of aromatic amines is 1. The molecule has 0 atom stereocenters. The zero-order valence-electron chi connectivity index (χ0n) is 10.5. The molecule has 0 aromatic carbocycles. The van der Waals surface area contributed by atoms with Crippen LogP contribution in [0, 0.1) is 0 Å². The van der Waals surface area contributed by atoms with E-state index in [4.69, 9.17) is 5.73 Å². The first kappa shape index (κ1) is 11.7. The smallest absolute Gasteiger partial charge is 0.252 e. The number of rotatable bonds is 4. The molecule has 0 aliphatic heterocycles. The SMILES string of the molecule is NCC1(Nc2cc(=O)[nH]c(C3CC3)n2)CCCC1. The van der Waals surface area contributed by atoms with Crippen molar-refractivity contribution >= 4 is 5.82 Å². The van der Waals surface area contributed by atoms with Crippen LogP contribution < -0.4 is 16.6 Å². The van der Waals surface area contributed by atoms with Crippen LogP contribution in [0.4, 0.5) is 5.82 Å². The van der Waals surface area contributed by atoms with Crippen molar-refractivity contribution in [3.63, 3.8) is 0 Å². The highest BCUT2D eigenvalue weighted by Crippen LogP contribution is 2.38. The van der Waals surface area contributed by atoms with E-state index >= 15 is 0 Å². The van der Waals surface area contributed by atoms with Crippen molar-refractivity contribution in [2.24, 2.45) is 5.73 Å². The van der Waals surface area contributed by atoms with Crippen LogP contribution in [-0.2, 0) is 0 Å². The van der Waals surface area contributed by atoms with Crippen LogP contribution in [0.1, 0.15) is 50.3 Å². The molecule has 2 aliphatic carbocycles. The Morgan fingerprint density at radius 3 is 2.78 bits per heavy atom. The second-order valence-corrected chi connectivity index (χ2v) is 5.61. The Morgan fingerprint density at radius 1 is 1.44 bits per heavy atom. The second kappa shape index (κ2) is 4.39. The van der Waals surface area contributed by atoms with Crippen LogP contribution in [0.15, 0.2) is 10.9 Å². The number of hydrogen-bond donors (Lipinski definition) is 3. The predicted octanol–water partition coefficient (Wildman–Crippen LogP) is 1.33. The van der Waals surface area contributed by atoms with E-state index < -0.39 is 0 Å². The van der Waals surface area contributed by atoms with Crippen LogP contribution in [-0.4, -0.2) is 22.1 Å². The van der Waals surface area contributed by atoms with Gasteiger partial charge in [-0.05, 0) is 25.7 Å². The minimum Gasteiger partial charge on any atom is -0.363 e. The zero-order valence-corrected chi connectivity index (χ0v) is 10.5. The molecule has 2 saturated carbocycles. The van der Waals surface area contributed by atoms with Gasteiger partial charge in [-0.2, -0.15) is 0 Å². The molecule has 2 aliphatic rings. The van der Waals surface area contributed by atoms with Gasteiger partial charge in [0, 0.05) is 18.5 Å². The highest BCUT2D eigenvalue weighted by atomic mass is 16.1. The first-order chi connectivity index (χ1) is 8.71. The molecule has 1 heterocycles. The van der Waals surface area contributed by atoms with Gasteiger partial charge in [-0.15, -0.1) is 0 Å². The van der Waals surface area contributed by atoms with Crippen LogP contribution in [0.25, 0.3) is 0 Å². The Balaban J connectivity index is 1.85. The molecule has 5 heteroatoms. The number of anilines is 1. The molecule has 18 heavy (non-hydrogen) atoms.